The molecule has 1 aromatic carbocycles. The van der Waals surface area contributed by atoms with E-state index in [-0.39, 0.29) is 81.7 Å². The SMILES string of the molecule is CC(C)C(C=O)NC(=O)CCOCCN1C(=O)CCC1=O.CCCNC(N)=O.[B]C(=O)OCc1ccc(NC(=O)CNC)cc1. The van der Waals surface area contributed by atoms with Gasteiger partial charge in [0.05, 0.1) is 32.3 Å². The van der Waals surface area contributed by atoms with Crippen LogP contribution in [0.5, 0.6) is 0 Å². The van der Waals surface area contributed by atoms with Crippen molar-refractivity contribution in [3.8, 4) is 0 Å². The van der Waals surface area contributed by atoms with Gasteiger partial charge in [-0.2, -0.15) is 0 Å². The van der Waals surface area contributed by atoms with Gasteiger partial charge < -0.3 is 41.3 Å². The average molecular weight is 633 g/mol. The number of amides is 6. The van der Waals surface area contributed by atoms with E-state index in [0.717, 1.165) is 12.0 Å². The van der Waals surface area contributed by atoms with Crippen molar-refractivity contribution in [1.29, 1.82) is 0 Å². The molecule has 248 valence electrons. The number of imide groups is 1. The number of carbonyl (C=O) groups is 7. The van der Waals surface area contributed by atoms with Crippen LogP contribution in [-0.2, 0) is 40.1 Å². The van der Waals surface area contributed by atoms with Crippen LogP contribution in [0.4, 0.5) is 15.3 Å². The molecule has 1 heterocycles. The fourth-order valence-corrected chi connectivity index (χ4v) is 3.36. The number of primary amides is 1. The van der Waals surface area contributed by atoms with E-state index in [1.54, 1.807) is 31.3 Å². The molecule has 1 aliphatic rings. The first kappa shape index (κ1) is 40.7. The molecule has 16 heteroatoms. The molecular formula is C29H45BN6O9. The topological polar surface area (TPSA) is 215 Å². The molecule has 45 heavy (non-hydrogen) atoms. The van der Waals surface area contributed by atoms with Crippen LogP contribution in [0, 0.1) is 5.92 Å². The highest BCUT2D eigenvalue weighted by atomic mass is 16.5. The van der Waals surface area contributed by atoms with Crippen LogP contribution in [0.25, 0.3) is 0 Å². The molecule has 0 aliphatic carbocycles. The van der Waals surface area contributed by atoms with Crippen LogP contribution >= 0.6 is 0 Å². The maximum absolute atomic E-state index is 11.6. The first-order valence-corrected chi connectivity index (χ1v) is 14.5. The summed E-state index contributed by atoms with van der Waals surface area (Å²) in [4.78, 5) is 77.7. The Morgan fingerprint density at radius 1 is 1.04 bits per heavy atom. The first-order chi connectivity index (χ1) is 21.3. The van der Waals surface area contributed by atoms with E-state index in [0.29, 0.717) is 18.5 Å². The second-order valence-electron chi connectivity index (χ2n) is 9.95. The van der Waals surface area contributed by atoms with Crippen molar-refractivity contribution in [2.45, 2.75) is 59.1 Å². The maximum atomic E-state index is 11.6. The molecular weight excluding hydrogens is 587 g/mol. The molecule has 6 amide bonds. The number of nitrogens with two attached hydrogens (primary N) is 1. The molecule has 0 spiro atoms. The smallest absolute Gasteiger partial charge is 0.312 e. The molecule has 15 nitrogen and oxygen atoms in total. The van der Waals surface area contributed by atoms with Crippen LogP contribution in [0.3, 0.4) is 0 Å². The third-order valence-corrected chi connectivity index (χ3v) is 5.79. The number of nitrogens with one attached hydrogen (secondary N) is 4. The van der Waals surface area contributed by atoms with E-state index < -0.39 is 17.9 Å². The summed E-state index contributed by atoms with van der Waals surface area (Å²) in [6.07, 6.45) is 2.32. The number of urea groups is 1. The number of ether oxygens (including phenoxy) is 2. The highest BCUT2D eigenvalue weighted by Gasteiger charge is 2.28. The van der Waals surface area contributed by atoms with E-state index in [4.69, 9.17) is 18.3 Å². The zero-order valence-electron chi connectivity index (χ0n) is 26.4. The van der Waals surface area contributed by atoms with Crippen LogP contribution in [0.1, 0.15) is 52.0 Å². The Labute approximate surface area is 265 Å². The summed E-state index contributed by atoms with van der Waals surface area (Å²) in [5.41, 5.74) is 6.22. The molecule has 2 rings (SSSR count). The number of hydrogen-bond donors (Lipinski definition) is 5. The molecule has 0 aromatic heterocycles. The highest BCUT2D eigenvalue weighted by Crippen LogP contribution is 2.11. The van der Waals surface area contributed by atoms with E-state index >= 15 is 0 Å². The predicted octanol–water partition coefficient (Wildman–Crippen LogP) is 0.596. The molecule has 1 fully saturated rings. The number of aldehydes is 1. The Balaban J connectivity index is 0.000000722. The number of anilines is 1. The van der Waals surface area contributed by atoms with Gasteiger partial charge in [0.15, 0.2) is 0 Å². The Morgan fingerprint density at radius 2 is 1.67 bits per heavy atom. The summed E-state index contributed by atoms with van der Waals surface area (Å²) in [6.45, 7) is 7.34. The minimum absolute atomic E-state index is 0.0413. The van der Waals surface area contributed by atoms with Gasteiger partial charge in [0.25, 0.3) is 0 Å². The fourth-order valence-electron chi connectivity index (χ4n) is 3.36. The standard InChI is InChI=1S/C14H22N2O5.C11H13BN2O3.C4H10N2O/c1-10(2)11(9-17)15-12(18)5-7-21-8-6-16-13(19)3-4-14(16)20;1-13-6-10(15)14-9-4-2-8(3-5-9)7-17-11(12)16;1-2-3-6-4(5)7/h9-11H,3-8H2,1-2H3,(H,15,18);2-5,13H,6-7H2,1H3,(H,14,15);2-3H2,1H3,(H3,5,6,7). The van der Waals surface area contributed by atoms with Crippen molar-refractivity contribution in [2.75, 3.05) is 45.2 Å². The van der Waals surface area contributed by atoms with Crippen molar-refractivity contribution in [1.82, 2.24) is 20.9 Å². The van der Waals surface area contributed by atoms with Gasteiger partial charge in [0.1, 0.15) is 12.9 Å². The molecule has 2 radical (unpaired) electrons. The summed E-state index contributed by atoms with van der Waals surface area (Å²) in [6, 6.07) is 6.02. The van der Waals surface area contributed by atoms with Crippen LogP contribution < -0.4 is 27.0 Å². The second kappa shape index (κ2) is 24.1. The first-order valence-electron chi connectivity index (χ1n) is 14.5. The van der Waals surface area contributed by atoms with Gasteiger partial charge in [-0.15, -0.1) is 0 Å². The van der Waals surface area contributed by atoms with E-state index in [9.17, 15) is 33.6 Å². The molecule has 0 saturated carbocycles. The van der Waals surface area contributed by atoms with Gasteiger partial charge in [-0.3, -0.25) is 28.9 Å². The Bertz CT molecular complexity index is 1090. The number of rotatable bonds is 16. The van der Waals surface area contributed by atoms with Crippen LogP contribution in [0.2, 0.25) is 0 Å². The number of likely N-dealkylation sites (N-methyl/N-ethyl adjacent to an activating group) is 1. The minimum Gasteiger partial charge on any atom is -0.470 e. The van der Waals surface area contributed by atoms with Crippen molar-refractivity contribution < 1.29 is 43.0 Å². The molecule has 1 aromatic rings. The molecule has 1 saturated heterocycles. The molecule has 1 aliphatic heterocycles. The molecule has 1 atom stereocenters. The summed E-state index contributed by atoms with van der Waals surface area (Å²) in [5.74, 6) is -1.49. The lowest BCUT2D eigenvalue weighted by molar-refractivity contribution is -0.139. The zero-order chi connectivity index (χ0) is 34.2. The van der Waals surface area contributed by atoms with Crippen molar-refractivity contribution in [3.05, 3.63) is 29.8 Å². The quantitative estimate of drug-likeness (QED) is 0.0740. The minimum atomic E-state index is -0.809. The summed E-state index contributed by atoms with van der Waals surface area (Å²) in [7, 11) is 6.54. The lowest BCUT2D eigenvalue weighted by Gasteiger charge is -2.16. The number of likely N-dealkylation sites (tertiary alicyclic amines) is 1. The average Bonchev–Trinajstić information content (AvgIpc) is 3.31. The van der Waals surface area contributed by atoms with Crippen molar-refractivity contribution in [3.63, 3.8) is 0 Å². The van der Waals surface area contributed by atoms with Gasteiger partial charge in [0.2, 0.25) is 37.3 Å². The van der Waals surface area contributed by atoms with Gasteiger partial charge in [-0.25, -0.2) is 4.79 Å². The third-order valence-electron chi connectivity index (χ3n) is 5.79. The maximum Gasteiger partial charge on any atom is 0.312 e. The summed E-state index contributed by atoms with van der Waals surface area (Å²) < 4.78 is 9.87. The normalized spacial score (nSPS) is 12.6. The van der Waals surface area contributed by atoms with Crippen LogP contribution in [-0.4, -0.2) is 100 Å². The van der Waals surface area contributed by atoms with E-state index in [1.165, 1.54) is 4.90 Å². The van der Waals surface area contributed by atoms with E-state index in [1.807, 2.05) is 20.8 Å². The molecule has 1 unspecified atom stereocenters. The Kier molecular flexibility index (Phi) is 21.8. The Morgan fingerprint density at radius 3 is 2.13 bits per heavy atom. The largest absolute Gasteiger partial charge is 0.470 e. The number of nitrogens with zero attached hydrogens (tertiary/aromatic N) is 1. The lowest BCUT2D eigenvalue weighted by atomic mass is 10.1. The van der Waals surface area contributed by atoms with Gasteiger partial charge in [0, 0.05) is 31.5 Å². The van der Waals surface area contributed by atoms with Gasteiger partial charge in [-0.1, -0.05) is 32.9 Å². The van der Waals surface area contributed by atoms with Gasteiger partial charge >= 0.3 is 6.03 Å². The second-order valence-corrected chi connectivity index (χ2v) is 9.95. The highest BCUT2D eigenvalue weighted by molar-refractivity contribution is 6.55. The van der Waals surface area contributed by atoms with Crippen molar-refractivity contribution >= 4 is 55.3 Å². The summed E-state index contributed by atoms with van der Waals surface area (Å²) >= 11 is 0. The summed E-state index contributed by atoms with van der Waals surface area (Å²) in [5, 5.41) is 10.5. The van der Waals surface area contributed by atoms with Crippen molar-refractivity contribution in [2.24, 2.45) is 11.7 Å². The number of hydrogen-bond acceptors (Lipinski definition) is 10. The lowest BCUT2D eigenvalue weighted by Crippen LogP contribution is -2.40. The third kappa shape index (κ3) is 20.3. The molecule has 0 bridgehead atoms. The molecule has 6 N–H and O–H groups in total. The van der Waals surface area contributed by atoms with Crippen LogP contribution in [0.15, 0.2) is 24.3 Å². The number of carbonyl (C=O) groups excluding carboxylic acids is 7. The number of benzene rings is 1. The van der Waals surface area contributed by atoms with Gasteiger partial charge in [-0.05, 0) is 37.1 Å². The Hall–Kier alpha value is -4.31. The predicted molar refractivity (Wildman–Crippen MR) is 167 cm³/mol. The monoisotopic (exact) mass is 632 g/mol. The van der Waals surface area contributed by atoms with E-state index in [2.05, 4.69) is 26.0 Å². The zero-order valence-corrected chi connectivity index (χ0v) is 26.4. The fraction of sp³-hybridized carbons (Fsp3) is 0.552.